The minimum Gasteiger partial charge on any atom is -0.352 e. The van der Waals surface area contributed by atoms with Crippen LogP contribution >= 0.6 is 0 Å². The molecule has 0 saturated carbocycles. The molecule has 0 radical (unpaired) electrons. The van der Waals surface area contributed by atoms with Gasteiger partial charge in [-0.2, -0.15) is 0 Å². The highest BCUT2D eigenvalue weighted by Crippen LogP contribution is 2.12. The molecule has 2 atom stereocenters. The van der Waals surface area contributed by atoms with E-state index in [-0.39, 0.29) is 17.9 Å². The first-order valence-electron chi connectivity index (χ1n) is 8.02. The quantitative estimate of drug-likeness (QED) is 0.872. The number of piperidine rings is 1. The fraction of sp³-hybridized carbons (Fsp3) is 0.588. The van der Waals surface area contributed by atoms with Crippen molar-refractivity contribution in [3.8, 4) is 0 Å². The number of likely N-dealkylation sites (tertiary alicyclic amines) is 1. The van der Waals surface area contributed by atoms with Crippen LogP contribution in [0.2, 0.25) is 0 Å². The molecule has 1 N–H and O–H groups in total. The molecule has 0 bridgehead atoms. The van der Waals surface area contributed by atoms with Gasteiger partial charge in [-0.1, -0.05) is 32.0 Å². The van der Waals surface area contributed by atoms with E-state index in [1.54, 1.807) is 0 Å². The third kappa shape index (κ3) is 5.21. The fourth-order valence-electron chi connectivity index (χ4n) is 2.65. The maximum absolute atomic E-state index is 12.3. The summed E-state index contributed by atoms with van der Waals surface area (Å²) in [6, 6.07) is 9.84. The van der Waals surface area contributed by atoms with Crippen molar-refractivity contribution in [3.05, 3.63) is 30.3 Å². The molecule has 1 amide bonds. The van der Waals surface area contributed by atoms with Gasteiger partial charge in [0.25, 0.3) is 0 Å². The van der Waals surface area contributed by atoms with Crippen molar-refractivity contribution in [2.24, 2.45) is 5.92 Å². The van der Waals surface area contributed by atoms with Crippen LogP contribution in [0.15, 0.2) is 35.2 Å². The van der Waals surface area contributed by atoms with Gasteiger partial charge in [0.15, 0.2) is 0 Å². The van der Waals surface area contributed by atoms with Crippen LogP contribution in [0.4, 0.5) is 0 Å². The lowest BCUT2D eigenvalue weighted by Gasteiger charge is -2.33. The van der Waals surface area contributed by atoms with Gasteiger partial charge in [-0.05, 0) is 31.5 Å². The Morgan fingerprint density at radius 2 is 2.09 bits per heavy atom. The molecule has 1 fully saturated rings. The largest absolute Gasteiger partial charge is 0.352 e. The number of hydrogen-bond donors (Lipinski definition) is 1. The summed E-state index contributed by atoms with van der Waals surface area (Å²) in [7, 11) is -0.943. The number of carbonyl (C=O) groups excluding carboxylic acids is 1. The second kappa shape index (κ2) is 8.44. The first-order valence-corrected chi connectivity index (χ1v) is 9.34. The molecule has 4 nitrogen and oxygen atoms in total. The van der Waals surface area contributed by atoms with Crippen molar-refractivity contribution in [1.29, 1.82) is 0 Å². The smallest absolute Gasteiger partial charge is 0.222 e. The van der Waals surface area contributed by atoms with Crippen LogP contribution in [-0.4, -0.2) is 46.4 Å². The van der Waals surface area contributed by atoms with E-state index in [9.17, 15) is 9.00 Å². The zero-order chi connectivity index (χ0) is 15.9. The highest BCUT2D eigenvalue weighted by atomic mass is 32.2. The van der Waals surface area contributed by atoms with Crippen LogP contribution in [0, 0.1) is 5.92 Å². The molecule has 5 heteroatoms. The number of nitrogens with one attached hydrogen (secondary N) is 1. The molecule has 0 aliphatic carbocycles. The van der Waals surface area contributed by atoms with E-state index in [4.69, 9.17) is 0 Å². The molecule has 1 aromatic rings. The van der Waals surface area contributed by atoms with Crippen molar-refractivity contribution < 1.29 is 9.00 Å². The summed E-state index contributed by atoms with van der Waals surface area (Å²) < 4.78 is 12.3. The number of rotatable bonds is 6. The Hall–Kier alpha value is -1.20. The SMILES string of the molecule is CC(C)C(=O)NC1CCCN(CCS(=O)c2ccccc2)C1. The first kappa shape index (κ1) is 17.2. The molecular weight excluding hydrogens is 296 g/mol. The molecule has 1 aromatic carbocycles. The zero-order valence-electron chi connectivity index (χ0n) is 13.5. The van der Waals surface area contributed by atoms with Crippen molar-refractivity contribution in [3.63, 3.8) is 0 Å². The Balaban J connectivity index is 1.78. The Morgan fingerprint density at radius 1 is 1.36 bits per heavy atom. The maximum Gasteiger partial charge on any atom is 0.222 e. The van der Waals surface area contributed by atoms with Gasteiger partial charge < -0.3 is 10.2 Å². The number of amides is 1. The first-order chi connectivity index (χ1) is 10.6. The summed E-state index contributed by atoms with van der Waals surface area (Å²) in [6.45, 7) is 6.54. The van der Waals surface area contributed by atoms with E-state index in [0.29, 0.717) is 5.75 Å². The fourth-order valence-corrected chi connectivity index (χ4v) is 3.77. The molecule has 122 valence electrons. The Morgan fingerprint density at radius 3 is 2.77 bits per heavy atom. The monoisotopic (exact) mass is 322 g/mol. The molecule has 2 rings (SSSR count). The Kier molecular flexibility index (Phi) is 6.58. The molecule has 0 aromatic heterocycles. The van der Waals surface area contributed by atoms with E-state index in [2.05, 4.69) is 10.2 Å². The van der Waals surface area contributed by atoms with Crippen LogP contribution in [0.3, 0.4) is 0 Å². The second-order valence-corrected chi connectivity index (χ2v) is 7.74. The minimum absolute atomic E-state index is 0.0287. The van der Waals surface area contributed by atoms with E-state index < -0.39 is 10.8 Å². The Bertz CT molecular complexity index is 505. The highest BCUT2D eigenvalue weighted by Gasteiger charge is 2.22. The molecule has 1 aliphatic rings. The standard InChI is InChI=1S/C17H26N2O2S/c1-14(2)17(20)18-15-7-6-10-19(13-15)11-12-22(21)16-8-4-3-5-9-16/h3-5,8-9,14-15H,6-7,10-13H2,1-2H3,(H,18,20). The molecule has 1 aliphatic heterocycles. The summed E-state index contributed by atoms with van der Waals surface area (Å²) in [5, 5.41) is 3.11. The van der Waals surface area contributed by atoms with Crippen LogP contribution in [0.1, 0.15) is 26.7 Å². The molecule has 22 heavy (non-hydrogen) atoms. The lowest BCUT2D eigenvalue weighted by Crippen LogP contribution is -2.49. The third-order valence-electron chi connectivity index (χ3n) is 3.98. The summed E-state index contributed by atoms with van der Waals surface area (Å²) in [4.78, 5) is 15.0. The maximum atomic E-state index is 12.3. The molecule has 0 spiro atoms. The van der Waals surface area contributed by atoms with E-state index in [1.165, 1.54) is 0 Å². The summed E-state index contributed by atoms with van der Waals surface area (Å²) >= 11 is 0. The number of nitrogens with zero attached hydrogens (tertiary/aromatic N) is 1. The molecule has 1 saturated heterocycles. The van der Waals surface area contributed by atoms with Crippen molar-refractivity contribution in [2.45, 2.75) is 37.6 Å². The van der Waals surface area contributed by atoms with E-state index >= 15 is 0 Å². The van der Waals surface area contributed by atoms with Crippen molar-refractivity contribution in [2.75, 3.05) is 25.4 Å². The number of hydrogen-bond acceptors (Lipinski definition) is 3. The predicted octanol–water partition coefficient (Wildman–Crippen LogP) is 2.03. The van der Waals surface area contributed by atoms with Crippen LogP contribution in [0.25, 0.3) is 0 Å². The van der Waals surface area contributed by atoms with Gasteiger partial charge in [-0.15, -0.1) is 0 Å². The van der Waals surface area contributed by atoms with Gasteiger partial charge in [0.1, 0.15) is 0 Å². The summed E-state index contributed by atoms with van der Waals surface area (Å²) in [5.41, 5.74) is 0. The van der Waals surface area contributed by atoms with Gasteiger partial charge in [-0.3, -0.25) is 9.00 Å². The Labute approximate surface area is 135 Å². The summed E-state index contributed by atoms with van der Waals surface area (Å²) in [6.07, 6.45) is 2.12. The minimum atomic E-state index is -0.943. The molecule has 1 heterocycles. The van der Waals surface area contributed by atoms with Gasteiger partial charge >= 0.3 is 0 Å². The average Bonchev–Trinajstić information content (AvgIpc) is 2.53. The number of benzene rings is 1. The lowest BCUT2D eigenvalue weighted by molar-refractivity contribution is -0.125. The zero-order valence-corrected chi connectivity index (χ0v) is 14.3. The lowest BCUT2D eigenvalue weighted by atomic mass is 10.0. The topological polar surface area (TPSA) is 49.4 Å². The van der Waals surface area contributed by atoms with Crippen LogP contribution < -0.4 is 5.32 Å². The van der Waals surface area contributed by atoms with Crippen LogP contribution in [0.5, 0.6) is 0 Å². The normalized spacial score (nSPS) is 20.8. The van der Waals surface area contributed by atoms with Crippen molar-refractivity contribution >= 4 is 16.7 Å². The van der Waals surface area contributed by atoms with Gasteiger partial charge in [0.2, 0.25) is 5.91 Å². The van der Waals surface area contributed by atoms with E-state index in [0.717, 1.165) is 37.4 Å². The molecular formula is C17H26N2O2S. The highest BCUT2D eigenvalue weighted by molar-refractivity contribution is 7.85. The van der Waals surface area contributed by atoms with Crippen molar-refractivity contribution in [1.82, 2.24) is 10.2 Å². The van der Waals surface area contributed by atoms with E-state index in [1.807, 2.05) is 44.2 Å². The second-order valence-electron chi connectivity index (χ2n) is 6.17. The van der Waals surface area contributed by atoms with Crippen LogP contribution in [-0.2, 0) is 15.6 Å². The predicted molar refractivity (Wildman–Crippen MR) is 90.2 cm³/mol. The van der Waals surface area contributed by atoms with Gasteiger partial charge in [-0.25, -0.2) is 0 Å². The van der Waals surface area contributed by atoms with Gasteiger partial charge in [0, 0.05) is 35.7 Å². The number of carbonyl (C=O) groups is 1. The summed E-state index contributed by atoms with van der Waals surface area (Å²) in [5.74, 6) is 0.801. The van der Waals surface area contributed by atoms with Gasteiger partial charge in [0.05, 0.1) is 10.8 Å². The molecule has 2 unspecified atom stereocenters. The third-order valence-corrected chi connectivity index (χ3v) is 5.33. The average molecular weight is 322 g/mol.